The zero-order valence-electron chi connectivity index (χ0n) is 10.1. The van der Waals surface area contributed by atoms with Crippen LogP contribution in [0.4, 0.5) is 0 Å². The van der Waals surface area contributed by atoms with Crippen LogP contribution in [0.3, 0.4) is 0 Å². The highest BCUT2D eigenvalue weighted by Gasteiger charge is 2.05. The molecule has 1 aromatic heterocycles. The maximum atomic E-state index is 4.33. The molecule has 0 radical (unpaired) electrons. The van der Waals surface area contributed by atoms with E-state index in [0.29, 0.717) is 0 Å². The lowest BCUT2D eigenvalue weighted by Gasteiger charge is -2.08. The molecule has 0 bridgehead atoms. The van der Waals surface area contributed by atoms with Crippen molar-refractivity contribution in [1.29, 1.82) is 0 Å². The molecule has 0 N–H and O–H groups in total. The van der Waals surface area contributed by atoms with E-state index in [1.165, 1.54) is 16.7 Å². The summed E-state index contributed by atoms with van der Waals surface area (Å²) in [7, 11) is 0. The van der Waals surface area contributed by atoms with Crippen molar-refractivity contribution in [3.63, 3.8) is 0 Å². The van der Waals surface area contributed by atoms with Crippen LogP contribution >= 0.6 is 0 Å². The summed E-state index contributed by atoms with van der Waals surface area (Å²) in [5.41, 5.74) is 4.93. The van der Waals surface area contributed by atoms with Gasteiger partial charge in [-0.2, -0.15) is 0 Å². The van der Waals surface area contributed by atoms with Gasteiger partial charge in [0, 0.05) is 5.56 Å². The number of benzene rings is 1. The topological polar surface area (TPSA) is 38.7 Å². The Balaban J connectivity index is 2.57. The third-order valence-corrected chi connectivity index (χ3v) is 2.88. The standard InChI is InChI=1S/C13H15N3/c1-8-5-12(6-9(2)10(8)3)13-15-7-14-11(4)16-13/h5-7H,1-4H3. The molecule has 3 heteroatoms. The normalized spacial score (nSPS) is 10.5. The van der Waals surface area contributed by atoms with E-state index in [0.717, 1.165) is 17.2 Å². The number of hydrogen-bond donors (Lipinski definition) is 0. The van der Waals surface area contributed by atoms with Crippen LogP contribution in [0.25, 0.3) is 11.4 Å². The van der Waals surface area contributed by atoms with E-state index >= 15 is 0 Å². The zero-order chi connectivity index (χ0) is 11.7. The van der Waals surface area contributed by atoms with Crippen LogP contribution in [0.15, 0.2) is 18.5 Å². The van der Waals surface area contributed by atoms with Crippen molar-refractivity contribution < 1.29 is 0 Å². The Bertz CT molecular complexity index is 509. The Morgan fingerprint density at radius 1 is 0.875 bits per heavy atom. The highest BCUT2D eigenvalue weighted by atomic mass is 15.0. The fourth-order valence-corrected chi connectivity index (χ4v) is 1.68. The number of aromatic nitrogens is 3. The fraction of sp³-hybridized carbons (Fsp3) is 0.308. The maximum absolute atomic E-state index is 4.33. The van der Waals surface area contributed by atoms with Gasteiger partial charge in [0.25, 0.3) is 0 Å². The largest absolute Gasteiger partial charge is 0.222 e. The first-order chi connectivity index (χ1) is 7.58. The van der Waals surface area contributed by atoms with Gasteiger partial charge in [0.1, 0.15) is 12.2 Å². The third-order valence-electron chi connectivity index (χ3n) is 2.88. The molecule has 0 atom stereocenters. The molecule has 0 aliphatic heterocycles. The second-order valence-corrected chi connectivity index (χ2v) is 4.09. The maximum Gasteiger partial charge on any atom is 0.162 e. The number of hydrogen-bond acceptors (Lipinski definition) is 3. The van der Waals surface area contributed by atoms with Gasteiger partial charge >= 0.3 is 0 Å². The first-order valence-corrected chi connectivity index (χ1v) is 5.32. The van der Waals surface area contributed by atoms with E-state index < -0.39 is 0 Å². The van der Waals surface area contributed by atoms with Gasteiger partial charge in [-0.15, -0.1) is 0 Å². The molecule has 0 spiro atoms. The molecular weight excluding hydrogens is 198 g/mol. The Labute approximate surface area is 95.6 Å². The van der Waals surface area contributed by atoms with Crippen LogP contribution in [0.5, 0.6) is 0 Å². The van der Waals surface area contributed by atoms with Crippen molar-refractivity contribution in [2.75, 3.05) is 0 Å². The molecule has 1 heterocycles. The Kier molecular flexibility index (Phi) is 2.69. The van der Waals surface area contributed by atoms with Gasteiger partial charge in [-0.25, -0.2) is 15.0 Å². The van der Waals surface area contributed by atoms with E-state index in [-0.39, 0.29) is 0 Å². The molecule has 0 amide bonds. The molecule has 1 aromatic carbocycles. The smallest absolute Gasteiger partial charge is 0.162 e. The molecule has 2 aromatic rings. The van der Waals surface area contributed by atoms with Crippen LogP contribution in [0.1, 0.15) is 22.5 Å². The zero-order valence-corrected chi connectivity index (χ0v) is 10.1. The van der Waals surface area contributed by atoms with Gasteiger partial charge in [-0.05, 0) is 56.5 Å². The monoisotopic (exact) mass is 213 g/mol. The molecule has 0 saturated heterocycles. The quantitative estimate of drug-likeness (QED) is 0.731. The number of aryl methyl sites for hydroxylation is 3. The lowest BCUT2D eigenvalue weighted by atomic mass is 10.0. The fourth-order valence-electron chi connectivity index (χ4n) is 1.68. The number of nitrogens with zero attached hydrogens (tertiary/aromatic N) is 3. The molecule has 0 unspecified atom stereocenters. The van der Waals surface area contributed by atoms with Gasteiger partial charge in [-0.3, -0.25) is 0 Å². The van der Waals surface area contributed by atoms with Gasteiger partial charge in [0.2, 0.25) is 0 Å². The van der Waals surface area contributed by atoms with Crippen molar-refractivity contribution in [3.05, 3.63) is 41.0 Å². The first-order valence-electron chi connectivity index (χ1n) is 5.32. The van der Waals surface area contributed by atoms with E-state index in [4.69, 9.17) is 0 Å². The molecule has 82 valence electrons. The molecule has 0 aliphatic rings. The van der Waals surface area contributed by atoms with Gasteiger partial charge < -0.3 is 0 Å². The summed E-state index contributed by atoms with van der Waals surface area (Å²) in [6.07, 6.45) is 1.56. The molecule has 3 nitrogen and oxygen atoms in total. The minimum Gasteiger partial charge on any atom is -0.222 e. The summed E-state index contributed by atoms with van der Waals surface area (Å²) in [6, 6.07) is 4.24. The van der Waals surface area contributed by atoms with Gasteiger partial charge in [-0.1, -0.05) is 0 Å². The highest BCUT2D eigenvalue weighted by Crippen LogP contribution is 2.21. The van der Waals surface area contributed by atoms with Gasteiger partial charge in [0.15, 0.2) is 5.82 Å². The summed E-state index contributed by atoms with van der Waals surface area (Å²) in [5.74, 6) is 1.50. The Morgan fingerprint density at radius 2 is 1.50 bits per heavy atom. The van der Waals surface area contributed by atoms with Crippen LogP contribution in [0, 0.1) is 27.7 Å². The summed E-state index contributed by atoms with van der Waals surface area (Å²) in [5, 5.41) is 0. The molecule has 0 fully saturated rings. The van der Waals surface area contributed by atoms with Crippen LogP contribution < -0.4 is 0 Å². The second-order valence-electron chi connectivity index (χ2n) is 4.09. The summed E-state index contributed by atoms with van der Waals surface area (Å²) in [6.45, 7) is 8.23. The second kappa shape index (κ2) is 4.00. The van der Waals surface area contributed by atoms with Crippen molar-refractivity contribution >= 4 is 0 Å². The molecule has 16 heavy (non-hydrogen) atoms. The SMILES string of the molecule is Cc1ncnc(-c2cc(C)c(C)c(C)c2)n1. The number of rotatable bonds is 1. The van der Waals surface area contributed by atoms with E-state index in [1.807, 2.05) is 6.92 Å². The average Bonchev–Trinajstić information content (AvgIpc) is 2.25. The lowest BCUT2D eigenvalue weighted by Crippen LogP contribution is -1.96. The first kappa shape index (κ1) is 10.7. The molecule has 0 saturated carbocycles. The average molecular weight is 213 g/mol. The van der Waals surface area contributed by atoms with E-state index in [9.17, 15) is 0 Å². The van der Waals surface area contributed by atoms with Crippen LogP contribution in [0.2, 0.25) is 0 Å². The van der Waals surface area contributed by atoms with E-state index in [1.54, 1.807) is 6.33 Å². The Morgan fingerprint density at radius 3 is 2.06 bits per heavy atom. The molecular formula is C13H15N3. The van der Waals surface area contributed by atoms with Crippen molar-refractivity contribution in [2.45, 2.75) is 27.7 Å². The third kappa shape index (κ3) is 1.94. The van der Waals surface area contributed by atoms with Crippen LogP contribution in [-0.4, -0.2) is 15.0 Å². The Hall–Kier alpha value is -1.77. The molecule has 0 aliphatic carbocycles. The van der Waals surface area contributed by atoms with Gasteiger partial charge in [0.05, 0.1) is 0 Å². The van der Waals surface area contributed by atoms with Crippen molar-refractivity contribution in [3.8, 4) is 11.4 Å². The van der Waals surface area contributed by atoms with Crippen molar-refractivity contribution in [1.82, 2.24) is 15.0 Å². The summed E-state index contributed by atoms with van der Waals surface area (Å²) >= 11 is 0. The predicted octanol–water partition coefficient (Wildman–Crippen LogP) is 2.77. The van der Waals surface area contributed by atoms with Crippen LogP contribution in [-0.2, 0) is 0 Å². The molecule has 2 rings (SSSR count). The predicted molar refractivity (Wildman–Crippen MR) is 64.2 cm³/mol. The van der Waals surface area contributed by atoms with Crippen molar-refractivity contribution in [2.24, 2.45) is 0 Å². The summed E-state index contributed by atoms with van der Waals surface area (Å²) < 4.78 is 0. The summed E-state index contributed by atoms with van der Waals surface area (Å²) in [4.78, 5) is 12.5. The van der Waals surface area contributed by atoms with E-state index in [2.05, 4.69) is 47.9 Å². The highest BCUT2D eigenvalue weighted by molar-refractivity contribution is 5.59. The lowest BCUT2D eigenvalue weighted by molar-refractivity contribution is 0.981. The minimum atomic E-state index is 0.749. The minimum absolute atomic E-state index is 0.749.